The van der Waals surface area contributed by atoms with E-state index >= 15 is 0 Å². The summed E-state index contributed by atoms with van der Waals surface area (Å²) >= 11 is 0. The number of phosphoric ester groups is 1. The standard InChI is InChI=1S/C38H76NO7P/c1-6-8-10-12-13-14-15-16-17-18-19-20-21-22-23-24-25-26-28-30-33-43-35-37(46-38(40)31-29-27-11-9-7-2)36-45-47(41,42)44-34-32-39(3,4)5/h16-17,37H,6-15,18-36H2,1-5H3/p+1/b17-16-. The first-order valence-electron chi connectivity index (χ1n) is 19.4. The Morgan fingerprint density at radius 3 is 1.62 bits per heavy atom. The van der Waals surface area contributed by atoms with E-state index in [1.165, 1.54) is 103 Å². The van der Waals surface area contributed by atoms with Crippen LogP contribution in [0.15, 0.2) is 12.2 Å². The Bertz CT molecular complexity index is 772. The lowest BCUT2D eigenvalue weighted by atomic mass is 10.1. The molecule has 280 valence electrons. The smallest absolute Gasteiger partial charge is 0.457 e. The van der Waals surface area contributed by atoms with E-state index in [0.717, 1.165) is 44.9 Å². The van der Waals surface area contributed by atoms with E-state index < -0.39 is 13.9 Å². The number of hydrogen-bond acceptors (Lipinski definition) is 6. The maximum absolute atomic E-state index is 12.4. The molecule has 0 fully saturated rings. The van der Waals surface area contributed by atoms with Crippen molar-refractivity contribution in [2.24, 2.45) is 0 Å². The number of nitrogens with zero attached hydrogens (tertiary/aromatic N) is 1. The monoisotopic (exact) mass is 691 g/mol. The third-order valence-corrected chi connectivity index (χ3v) is 9.31. The van der Waals surface area contributed by atoms with Crippen LogP contribution in [-0.2, 0) is 27.9 Å². The van der Waals surface area contributed by atoms with Gasteiger partial charge in [0.05, 0.1) is 34.4 Å². The van der Waals surface area contributed by atoms with E-state index in [4.69, 9.17) is 18.5 Å². The number of unbranched alkanes of at least 4 members (excludes halogenated alkanes) is 20. The molecule has 0 spiro atoms. The van der Waals surface area contributed by atoms with E-state index in [1.54, 1.807) is 0 Å². The number of phosphoric acid groups is 1. The Labute approximate surface area is 290 Å². The van der Waals surface area contributed by atoms with Crippen LogP contribution in [0, 0.1) is 0 Å². The van der Waals surface area contributed by atoms with Crippen LogP contribution in [0.3, 0.4) is 0 Å². The minimum atomic E-state index is -4.25. The molecule has 2 unspecified atom stereocenters. The predicted molar refractivity (Wildman–Crippen MR) is 197 cm³/mol. The average molecular weight is 691 g/mol. The second-order valence-corrected chi connectivity index (χ2v) is 15.8. The SMILES string of the molecule is CCCCCCCC/C=C\CCCCCCCCCCCCOCC(COP(=O)(O)OCC[N+](C)(C)C)OC(=O)CCCCCCC. The number of ether oxygens (including phenoxy) is 2. The molecule has 0 aromatic carbocycles. The van der Waals surface area contributed by atoms with Crippen LogP contribution in [-0.4, -0.2) is 75.6 Å². The summed E-state index contributed by atoms with van der Waals surface area (Å²) in [5, 5.41) is 0. The van der Waals surface area contributed by atoms with E-state index in [2.05, 4.69) is 26.0 Å². The van der Waals surface area contributed by atoms with E-state index in [-0.39, 0.29) is 25.8 Å². The van der Waals surface area contributed by atoms with Gasteiger partial charge in [-0.25, -0.2) is 4.57 Å². The fraction of sp³-hybridized carbons (Fsp3) is 0.921. The fourth-order valence-electron chi connectivity index (χ4n) is 5.25. The minimum absolute atomic E-state index is 0.0905. The van der Waals surface area contributed by atoms with Gasteiger partial charge in [-0.05, 0) is 38.5 Å². The molecule has 8 nitrogen and oxygen atoms in total. The van der Waals surface area contributed by atoms with Crippen LogP contribution in [0.5, 0.6) is 0 Å². The quantitative estimate of drug-likeness (QED) is 0.0230. The highest BCUT2D eigenvalue weighted by molar-refractivity contribution is 7.47. The highest BCUT2D eigenvalue weighted by atomic mass is 31.2. The number of esters is 1. The van der Waals surface area contributed by atoms with Crippen molar-refractivity contribution in [3.8, 4) is 0 Å². The highest BCUT2D eigenvalue weighted by Gasteiger charge is 2.26. The molecule has 0 radical (unpaired) electrons. The Kier molecular flexibility index (Phi) is 31.9. The molecule has 0 rings (SSSR count). The molecule has 0 amide bonds. The molecule has 0 bridgehead atoms. The number of quaternary nitrogens is 1. The van der Waals surface area contributed by atoms with Gasteiger partial charge in [0.2, 0.25) is 0 Å². The van der Waals surface area contributed by atoms with Gasteiger partial charge in [0.25, 0.3) is 0 Å². The molecule has 0 heterocycles. The maximum atomic E-state index is 12.4. The van der Waals surface area contributed by atoms with Gasteiger partial charge < -0.3 is 18.9 Å². The van der Waals surface area contributed by atoms with Crippen LogP contribution in [0.2, 0.25) is 0 Å². The van der Waals surface area contributed by atoms with Gasteiger partial charge >= 0.3 is 13.8 Å². The molecule has 9 heteroatoms. The van der Waals surface area contributed by atoms with Crippen molar-refractivity contribution < 1.29 is 37.3 Å². The molecule has 0 aliphatic carbocycles. The minimum Gasteiger partial charge on any atom is -0.457 e. The second kappa shape index (κ2) is 32.4. The van der Waals surface area contributed by atoms with Crippen LogP contribution in [0.4, 0.5) is 0 Å². The summed E-state index contributed by atoms with van der Waals surface area (Å²) in [6.45, 7) is 5.54. The lowest BCUT2D eigenvalue weighted by Gasteiger charge is -2.24. The lowest BCUT2D eigenvalue weighted by Crippen LogP contribution is -2.37. The summed E-state index contributed by atoms with van der Waals surface area (Å²) in [4.78, 5) is 22.5. The summed E-state index contributed by atoms with van der Waals surface area (Å²) in [5.74, 6) is -0.326. The zero-order chi connectivity index (χ0) is 34.9. The number of carbonyl (C=O) groups excluding carboxylic acids is 1. The van der Waals surface area contributed by atoms with Gasteiger partial charge in [0.1, 0.15) is 19.3 Å². The molecule has 0 saturated heterocycles. The summed E-state index contributed by atoms with van der Waals surface area (Å²) in [7, 11) is 1.67. The molecule has 2 atom stereocenters. The summed E-state index contributed by atoms with van der Waals surface area (Å²) < 4.78 is 34.6. The number of hydrogen-bond donors (Lipinski definition) is 1. The normalized spacial score (nSPS) is 14.1. The van der Waals surface area contributed by atoms with Gasteiger partial charge in [-0.2, -0.15) is 0 Å². The van der Waals surface area contributed by atoms with Gasteiger partial charge in [-0.1, -0.05) is 135 Å². The fourth-order valence-corrected chi connectivity index (χ4v) is 5.99. The zero-order valence-electron chi connectivity index (χ0n) is 31.5. The summed E-state index contributed by atoms with van der Waals surface area (Å²) in [5.41, 5.74) is 0. The van der Waals surface area contributed by atoms with Crippen molar-refractivity contribution in [2.45, 2.75) is 174 Å². The van der Waals surface area contributed by atoms with E-state index in [1.807, 2.05) is 21.1 Å². The largest absolute Gasteiger partial charge is 0.472 e. The van der Waals surface area contributed by atoms with Crippen molar-refractivity contribution >= 4 is 13.8 Å². The molecule has 47 heavy (non-hydrogen) atoms. The number of allylic oxidation sites excluding steroid dienone is 2. The van der Waals surface area contributed by atoms with Crippen molar-refractivity contribution in [3.63, 3.8) is 0 Å². The van der Waals surface area contributed by atoms with Gasteiger partial charge in [0, 0.05) is 13.0 Å². The number of likely N-dealkylation sites (N-methyl/N-ethyl adjacent to an activating group) is 1. The van der Waals surface area contributed by atoms with Crippen LogP contribution < -0.4 is 0 Å². The molecule has 0 aliphatic rings. The number of rotatable bonds is 36. The van der Waals surface area contributed by atoms with Crippen LogP contribution >= 0.6 is 7.82 Å². The van der Waals surface area contributed by atoms with Crippen LogP contribution in [0.1, 0.15) is 168 Å². The first kappa shape index (κ1) is 46.2. The second-order valence-electron chi connectivity index (χ2n) is 14.3. The Balaban J connectivity index is 4.01. The van der Waals surface area contributed by atoms with Crippen molar-refractivity contribution in [2.75, 3.05) is 54.1 Å². The molecule has 0 aromatic rings. The first-order chi connectivity index (χ1) is 22.6. The lowest BCUT2D eigenvalue weighted by molar-refractivity contribution is -0.870. The highest BCUT2D eigenvalue weighted by Crippen LogP contribution is 2.43. The topological polar surface area (TPSA) is 91.3 Å². The third-order valence-electron chi connectivity index (χ3n) is 8.33. The Hall–Kier alpha value is -0.760. The predicted octanol–water partition coefficient (Wildman–Crippen LogP) is 10.7. The maximum Gasteiger partial charge on any atom is 0.472 e. The van der Waals surface area contributed by atoms with Gasteiger partial charge in [0.15, 0.2) is 0 Å². The first-order valence-corrected chi connectivity index (χ1v) is 20.9. The summed E-state index contributed by atoms with van der Waals surface area (Å²) in [6, 6.07) is 0. The van der Waals surface area contributed by atoms with Crippen molar-refractivity contribution in [1.29, 1.82) is 0 Å². The van der Waals surface area contributed by atoms with E-state index in [0.29, 0.717) is 24.1 Å². The molecular weight excluding hydrogens is 613 g/mol. The van der Waals surface area contributed by atoms with Gasteiger partial charge in [-0.15, -0.1) is 0 Å². The molecule has 1 N–H and O–H groups in total. The Morgan fingerprint density at radius 1 is 0.638 bits per heavy atom. The van der Waals surface area contributed by atoms with Crippen molar-refractivity contribution in [3.05, 3.63) is 12.2 Å². The zero-order valence-corrected chi connectivity index (χ0v) is 32.4. The molecule has 0 aliphatic heterocycles. The number of carbonyl (C=O) groups is 1. The van der Waals surface area contributed by atoms with E-state index in [9.17, 15) is 14.3 Å². The molecule has 0 saturated carbocycles. The molecular formula is C38H77NO7P+. The summed E-state index contributed by atoms with van der Waals surface area (Å²) in [6.07, 6.45) is 32.8. The van der Waals surface area contributed by atoms with Crippen molar-refractivity contribution in [1.82, 2.24) is 0 Å². The van der Waals surface area contributed by atoms with Gasteiger partial charge in [-0.3, -0.25) is 13.8 Å². The average Bonchev–Trinajstić information content (AvgIpc) is 3.01. The van der Waals surface area contributed by atoms with Crippen LogP contribution in [0.25, 0.3) is 0 Å². The third kappa shape index (κ3) is 36.3. The molecule has 0 aromatic heterocycles. The Morgan fingerprint density at radius 2 is 1.11 bits per heavy atom.